The molecule has 2 aliphatic rings. The number of nitrogens with zero attached hydrogens (tertiary/aromatic N) is 4. The van der Waals surface area contributed by atoms with Crippen molar-refractivity contribution in [3.8, 4) is 5.69 Å². The number of hydrogen-bond acceptors (Lipinski definition) is 4. The number of rotatable bonds is 3. The van der Waals surface area contributed by atoms with Crippen molar-refractivity contribution in [1.82, 2.24) is 25.2 Å². The average molecular weight is 390 g/mol. The van der Waals surface area contributed by atoms with Crippen LogP contribution >= 0.6 is 15.9 Å². The summed E-state index contributed by atoms with van der Waals surface area (Å²) in [5, 5.41) is 11.9. The molecule has 1 atom stereocenters. The largest absolute Gasteiger partial charge is 0.334 e. The molecule has 0 spiro atoms. The number of carbonyl (C=O) groups is 1. The molecular formula is C17H20BrN5O. The lowest BCUT2D eigenvalue weighted by Crippen LogP contribution is -2.51. The van der Waals surface area contributed by atoms with Crippen LogP contribution in [0.2, 0.25) is 0 Å². The summed E-state index contributed by atoms with van der Waals surface area (Å²) in [6.07, 6.45) is 2.20. The maximum absolute atomic E-state index is 13.0. The van der Waals surface area contributed by atoms with Gasteiger partial charge in [-0.3, -0.25) is 4.79 Å². The molecule has 0 bridgehead atoms. The van der Waals surface area contributed by atoms with Crippen LogP contribution in [0.1, 0.15) is 41.9 Å². The van der Waals surface area contributed by atoms with Crippen LogP contribution in [0.25, 0.3) is 5.69 Å². The van der Waals surface area contributed by atoms with Crippen molar-refractivity contribution in [2.45, 2.75) is 31.7 Å². The second-order valence-corrected chi connectivity index (χ2v) is 7.51. The molecule has 1 aromatic heterocycles. The summed E-state index contributed by atoms with van der Waals surface area (Å²) in [5.41, 5.74) is 2.43. The van der Waals surface area contributed by atoms with E-state index in [9.17, 15) is 4.79 Å². The molecule has 0 radical (unpaired) electrons. The van der Waals surface area contributed by atoms with Gasteiger partial charge >= 0.3 is 0 Å². The molecule has 126 valence electrons. The lowest BCUT2D eigenvalue weighted by molar-refractivity contribution is 0.0702. The van der Waals surface area contributed by atoms with E-state index in [2.05, 4.69) is 38.5 Å². The zero-order chi connectivity index (χ0) is 16.7. The third-order valence-corrected chi connectivity index (χ3v) is 5.13. The van der Waals surface area contributed by atoms with Crippen LogP contribution in [-0.2, 0) is 0 Å². The van der Waals surface area contributed by atoms with Crippen molar-refractivity contribution < 1.29 is 4.79 Å². The van der Waals surface area contributed by atoms with E-state index >= 15 is 0 Å². The number of halogens is 1. The van der Waals surface area contributed by atoms with Gasteiger partial charge in [0, 0.05) is 36.1 Å². The molecular weight excluding hydrogens is 370 g/mol. The first-order valence-corrected chi connectivity index (χ1v) is 9.17. The van der Waals surface area contributed by atoms with E-state index in [0.29, 0.717) is 24.2 Å². The molecule has 1 N–H and O–H groups in total. The fourth-order valence-electron chi connectivity index (χ4n) is 3.20. The molecule has 1 aromatic carbocycles. The Kier molecular flexibility index (Phi) is 4.14. The lowest BCUT2D eigenvalue weighted by atomic mass is 10.1. The van der Waals surface area contributed by atoms with Gasteiger partial charge in [-0.2, -0.15) is 0 Å². The standard InChI is InChI=1S/C17H20BrN5O/c1-11-10-22(9-8-19-11)17(24)15-16(12-2-3-12)23(21-20-15)14-6-4-13(18)5-7-14/h4-7,11-12,19H,2-3,8-10H2,1H3. The highest BCUT2D eigenvalue weighted by molar-refractivity contribution is 9.10. The minimum Gasteiger partial charge on any atom is -0.334 e. The Bertz CT molecular complexity index is 753. The molecule has 1 aliphatic carbocycles. The Morgan fingerprint density at radius 1 is 1.29 bits per heavy atom. The Labute approximate surface area is 149 Å². The molecule has 2 fully saturated rings. The molecule has 7 heteroatoms. The fourth-order valence-corrected chi connectivity index (χ4v) is 3.47. The maximum atomic E-state index is 13.0. The minimum absolute atomic E-state index is 0.00797. The summed E-state index contributed by atoms with van der Waals surface area (Å²) in [7, 11) is 0. The Balaban J connectivity index is 1.69. The first-order chi connectivity index (χ1) is 11.6. The van der Waals surface area contributed by atoms with Crippen LogP contribution in [0.4, 0.5) is 0 Å². The fraction of sp³-hybridized carbons (Fsp3) is 0.471. The predicted molar refractivity (Wildman–Crippen MR) is 94.4 cm³/mol. The quantitative estimate of drug-likeness (QED) is 0.874. The number of carbonyl (C=O) groups excluding carboxylic acids is 1. The smallest absolute Gasteiger partial charge is 0.276 e. The maximum Gasteiger partial charge on any atom is 0.276 e. The number of benzene rings is 1. The summed E-state index contributed by atoms with van der Waals surface area (Å²) in [4.78, 5) is 14.9. The Morgan fingerprint density at radius 2 is 2.04 bits per heavy atom. The molecule has 1 amide bonds. The van der Waals surface area contributed by atoms with Crippen molar-refractivity contribution in [2.24, 2.45) is 0 Å². The summed E-state index contributed by atoms with van der Waals surface area (Å²) in [6.45, 7) is 4.36. The zero-order valence-electron chi connectivity index (χ0n) is 13.6. The van der Waals surface area contributed by atoms with Gasteiger partial charge in [0.25, 0.3) is 5.91 Å². The number of hydrogen-bond donors (Lipinski definition) is 1. The molecule has 6 nitrogen and oxygen atoms in total. The van der Waals surface area contributed by atoms with E-state index < -0.39 is 0 Å². The van der Waals surface area contributed by atoms with E-state index in [1.165, 1.54) is 0 Å². The third-order valence-electron chi connectivity index (χ3n) is 4.60. The highest BCUT2D eigenvalue weighted by Crippen LogP contribution is 2.42. The third kappa shape index (κ3) is 2.98. The normalized spacial score (nSPS) is 21.1. The van der Waals surface area contributed by atoms with Crippen molar-refractivity contribution >= 4 is 21.8 Å². The van der Waals surface area contributed by atoms with E-state index in [4.69, 9.17) is 0 Å². The van der Waals surface area contributed by atoms with E-state index in [-0.39, 0.29) is 5.91 Å². The summed E-state index contributed by atoms with van der Waals surface area (Å²) in [6, 6.07) is 8.26. The van der Waals surface area contributed by atoms with Crippen molar-refractivity contribution in [1.29, 1.82) is 0 Å². The van der Waals surface area contributed by atoms with Gasteiger partial charge in [0.2, 0.25) is 0 Å². The van der Waals surface area contributed by atoms with Crippen LogP contribution in [0.3, 0.4) is 0 Å². The number of nitrogens with one attached hydrogen (secondary N) is 1. The van der Waals surface area contributed by atoms with Crippen LogP contribution in [0, 0.1) is 0 Å². The number of piperazine rings is 1. The van der Waals surface area contributed by atoms with Gasteiger partial charge in [-0.15, -0.1) is 5.10 Å². The second-order valence-electron chi connectivity index (χ2n) is 6.59. The predicted octanol–water partition coefficient (Wildman–Crippen LogP) is 2.34. The molecule has 2 aromatic rings. The van der Waals surface area contributed by atoms with Gasteiger partial charge in [0.15, 0.2) is 5.69 Å². The van der Waals surface area contributed by atoms with Gasteiger partial charge in [0.05, 0.1) is 11.4 Å². The number of aromatic nitrogens is 3. The lowest BCUT2D eigenvalue weighted by Gasteiger charge is -2.31. The van der Waals surface area contributed by atoms with Gasteiger partial charge in [-0.1, -0.05) is 21.1 Å². The first kappa shape index (κ1) is 15.8. The average Bonchev–Trinajstić information content (AvgIpc) is 3.33. The summed E-state index contributed by atoms with van der Waals surface area (Å²) >= 11 is 3.45. The molecule has 4 rings (SSSR count). The molecule has 2 heterocycles. The highest BCUT2D eigenvalue weighted by atomic mass is 79.9. The molecule has 1 unspecified atom stereocenters. The van der Waals surface area contributed by atoms with Gasteiger partial charge in [-0.25, -0.2) is 4.68 Å². The number of amides is 1. The summed E-state index contributed by atoms with van der Waals surface area (Å²) in [5.74, 6) is 0.400. The van der Waals surface area contributed by atoms with Crippen molar-refractivity contribution in [3.63, 3.8) is 0 Å². The van der Waals surface area contributed by atoms with Gasteiger partial charge < -0.3 is 10.2 Å². The van der Waals surface area contributed by atoms with Crippen LogP contribution < -0.4 is 5.32 Å². The minimum atomic E-state index is 0.00797. The molecule has 24 heavy (non-hydrogen) atoms. The topological polar surface area (TPSA) is 63.1 Å². The van der Waals surface area contributed by atoms with Gasteiger partial charge in [-0.05, 0) is 44.0 Å². The monoisotopic (exact) mass is 389 g/mol. The molecule has 1 aliphatic heterocycles. The van der Waals surface area contributed by atoms with E-state index in [1.54, 1.807) is 0 Å². The first-order valence-electron chi connectivity index (χ1n) is 8.37. The molecule has 1 saturated carbocycles. The van der Waals surface area contributed by atoms with Crippen LogP contribution in [0.15, 0.2) is 28.7 Å². The summed E-state index contributed by atoms with van der Waals surface area (Å²) < 4.78 is 2.86. The van der Waals surface area contributed by atoms with E-state index in [0.717, 1.165) is 41.8 Å². The SMILES string of the molecule is CC1CN(C(=O)c2nnn(-c3ccc(Br)cc3)c2C2CC2)CCN1. The second kappa shape index (κ2) is 6.29. The molecule has 1 saturated heterocycles. The zero-order valence-corrected chi connectivity index (χ0v) is 15.2. The van der Waals surface area contributed by atoms with Crippen molar-refractivity contribution in [3.05, 3.63) is 40.1 Å². The van der Waals surface area contributed by atoms with Crippen LogP contribution in [-0.4, -0.2) is 51.5 Å². The van der Waals surface area contributed by atoms with Crippen LogP contribution in [0.5, 0.6) is 0 Å². The van der Waals surface area contributed by atoms with Gasteiger partial charge in [0.1, 0.15) is 0 Å². The Morgan fingerprint density at radius 3 is 2.71 bits per heavy atom. The highest BCUT2D eigenvalue weighted by Gasteiger charge is 2.36. The van der Waals surface area contributed by atoms with E-state index in [1.807, 2.05) is 33.8 Å². The van der Waals surface area contributed by atoms with Crippen molar-refractivity contribution in [2.75, 3.05) is 19.6 Å². The Hall–Kier alpha value is -1.73.